The number of rotatable bonds is 4. The lowest BCUT2D eigenvalue weighted by Gasteiger charge is -2.24. The van der Waals surface area contributed by atoms with Crippen molar-refractivity contribution in [2.75, 3.05) is 0 Å². The van der Waals surface area contributed by atoms with Crippen LogP contribution in [0, 0.1) is 0 Å². The minimum atomic E-state index is 0.590. The maximum Gasteiger partial charge on any atom is 0.0502 e. The Morgan fingerprint density at radius 3 is 2.11 bits per heavy atom. The highest BCUT2D eigenvalue weighted by Crippen LogP contribution is 2.21. The molecule has 1 N–H and O–H groups in total. The smallest absolute Gasteiger partial charge is 0.0502 e. The number of hydrogen-bond acceptors (Lipinski definition) is 2. The molecule has 0 unspecified atom stereocenters. The Morgan fingerprint density at radius 1 is 0.895 bits per heavy atom. The summed E-state index contributed by atoms with van der Waals surface area (Å²) in [7, 11) is 0. The molecule has 0 heterocycles. The van der Waals surface area contributed by atoms with Gasteiger partial charge in [-0.2, -0.15) is 0 Å². The summed E-state index contributed by atoms with van der Waals surface area (Å²) in [4.78, 5) is 4.87. The van der Waals surface area contributed by atoms with Crippen LogP contribution in [0.4, 0.5) is 0 Å². The number of aliphatic imine (C=N–C) groups is 1. The Hall–Kier alpha value is -0.790. The van der Waals surface area contributed by atoms with Crippen LogP contribution in [0.15, 0.2) is 16.8 Å². The van der Waals surface area contributed by atoms with Gasteiger partial charge in [0, 0.05) is 17.5 Å². The highest BCUT2D eigenvalue weighted by Gasteiger charge is 2.13. The van der Waals surface area contributed by atoms with Gasteiger partial charge < -0.3 is 5.32 Å². The molecule has 0 atom stereocenters. The first-order valence-corrected chi connectivity index (χ1v) is 8.23. The van der Waals surface area contributed by atoms with Crippen LogP contribution in [-0.2, 0) is 0 Å². The van der Waals surface area contributed by atoms with Crippen LogP contribution in [0.25, 0.3) is 0 Å². The first-order chi connectivity index (χ1) is 9.24. The van der Waals surface area contributed by atoms with Gasteiger partial charge in [-0.15, -0.1) is 0 Å². The van der Waals surface area contributed by atoms with Gasteiger partial charge in [0.1, 0.15) is 0 Å². The lowest BCUT2D eigenvalue weighted by atomic mass is 9.95. The van der Waals surface area contributed by atoms with E-state index in [4.69, 9.17) is 4.99 Å². The molecule has 19 heavy (non-hydrogen) atoms. The summed E-state index contributed by atoms with van der Waals surface area (Å²) in [5.41, 5.74) is 2.50. The van der Waals surface area contributed by atoms with E-state index in [0.29, 0.717) is 12.1 Å². The van der Waals surface area contributed by atoms with Gasteiger partial charge in [-0.3, -0.25) is 4.99 Å². The Bertz CT molecular complexity index is 318. The second kappa shape index (κ2) is 7.72. The fraction of sp³-hybridized carbons (Fsp3) is 0.824. The summed E-state index contributed by atoms with van der Waals surface area (Å²) in [5, 5.41) is 3.67. The van der Waals surface area contributed by atoms with E-state index in [-0.39, 0.29) is 0 Å². The molecule has 108 valence electrons. The minimum Gasteiger partial charge on any atom is -0.386 e. The monoisotopic (exact) mass is 262 g/mol. The number of nitrogens with one attached hydrogen (secondary N) is 1. The van der Waals surface area contributed by atoms with E-state index in [0.717, 1.165) is 0 Å². The summed E-state index contributed by atoms with van der Waals surface area (Å²) in [6, 6.07) is 1.29. The van der Waals surface area contributed by atoms with Crippen molar-refractivity contribution in [3.63, 3.8) is 0 Å². The van der Waals surface area contributed by atoms with E-state index in [1.807, 2.05) is 0 Å². The van der Waals surface area contributed by atoms with Gasteiger partial charge in [0.25, 0.3) is 0 Å². The predicted octanol–water partition coefficient (Wildman–Crippen LogP) is 4.61. The Kier molecular flexibility index (Phi) is 5.93. The largest absolute Gasteiger partial charge is 0.386 e. The molecular weight excluding hydrogens is 232 g/mol. The maximum absolute atomic E-state index is 4.87. The molecule has 0 aromatic rings. The molecule has 2 rings (SSSR count). The van der Waals surface area contributed by atoms with Crippen LogP contribution in [-0.4, -0.2) is 17.8 Å². The summed E-state index contributed by atoms with van der Waals surface area (Å²) in [6.07, 6.45) is 15.8. The molecule has 0 aliphatic heterocycles. The zero-order chi connectivity index (χ0) is 13.5. The van der Waals surface area contributed by atoms with Gasteiger partial charge in [-0.1, -0.05) is 38.5 Å². The standard InChI is InChI=1S/C17H30N2/c1-14(18-16-9-5-3-6-10-16)13-15(2)19-17-11-7-4-8-12-17/h13,16-18H,3-12H2,1-2H3. The SMILES string of the molecule is CC(=CC(C)=NC1CCCCC1)NC1CCCCC1. The molecule has 0 saturated heterocycles. The van der Waals surface area contributed by atoms with Crippen molar-refractivity contribution < 1.29 is 0 Å². The van der Waals surface area contributed by atoms with Gasteiger partial charge >= 0.3 is 0 Å². The molecule has 0 aromatic carbocycles. The molecule has 2 nitrogen and oxygen atoms in total. The average molecular weight is 262 g/mol. The summed E-state index contributed by atoms with van der Waals surface area (Å²) in [5.74, 6) is 0. The average Bonchev–Trinajstić information content (AvgIpc) is 2.40. The Labute approximate surface area is 118 Å². The first-order valence-electron chi connectivity index (χ1n) is 8.23. The van der Waals surface area contributed by atoms with Gasteiger partial charge in [0.15, 0.2) is 0 Å². The molecular formula is C17H30N2. The van der Waals surface area contributed by atoms with Gasteiger partial charge in [0.05, 0.1) is 6.04 Å². The topological polar surface area (TPSA) is 24.4 Å². The fourth-order valence-corrected chi connectivity index (χ4v) is 3.46. The molecule has 0 amide bonds. The second-order valence-electron chi connectivity index (χ2n) is 6.37. The van der Waals surface area contributed by atoms with Crippen molar-refractivity contribution in [3.8, 4) is 0 Å². The molecule has 2 fully saturated rings. The van der Waals surface area contributed by atoms with Crippen LogP contribution in [0.1, 0.15) is 78.1 Å². The van der Waals surface area contributed by atoms with Crippen molar-refractivity contribution in [1.29, 1.82) is 0 Å². The normalized spacial score (nSPS) is 24.5. The highest BCUT2D eigenvalue weighted by molar-refractivity contribution is 5.93. The summed E-state index contributed by atoms with van der Waals surface area (Å²) in [6.45, 7) is 4.34. The number of allylic oxidation sites excluding steroid dienone is 2. The molecule has 0 bridgehead atoms. The zero-order valence-electron chi connectivity index (χ0n) is 12.8. The Balaban J connectivity index is 1.82. The second-order valence-corrected chi connectivity index (χ2v) is 6.37. The van der Waals surface area contributed by atoms with Crippen molar-refractivity contribution in [1.82, 2.24) is 5.32 Å². The molecule has 2 heteroatoms. The fourth-order valence-electron chi connectivity index (χ4n) is 3.46. The van der Waals surface area contributed by atoms with E-state index in [1.165, 1.54) is 75.6 Å². The first kappa shape index (κ1) is 14.6. The van der Waals surface area contributed by atoms with Gasteiger partial charge in [-0.05, 0) is 45.6 Å². The lowest BCUT2D eigenvalue weighted by molar-refractivity contribution is 0.397. The lowest BCUT2D eigenvalue weighted by Crippen LogP contribution is -2.29. The maximum atomic E-state index is 4.87. The minimum absolute atomic E-state index is 0.590. The van der Waals surface area contributed by atoms with Crippen molar-refractivity contribution in [3.05, 3.63) is 11.8 Å². The third-order valence-electron chi connectivity index (χ3n) is 4.42. The number of nitrogens with zero attached hydrogens (tertiary/aromatic N) is 1. The van der Waals surface area contributed by atoms with E-state index in [1.54, 1.807) is 0 Å². The summed E-state index contributed by atoms with van der Waals surface area (Å²) < 4.78 is 0. The van der Waals surface area contributed by atoms with Crippen molar-refractivity contribution in [2.45, 2.75) is 90.1 Å². The van der Waals surface area contributed by atoms with E-state index >= 15 is 0 Å². The van der Waals surface area contributed by atoms with Crippen LogP contribution < -0.4 is 5.32 Å². The Morgan fingerprint density at radius 2 is 1.47 bits per heavy atom. The third-order valence-corrected chi connectivity index (χ3v) is 4.42. The van der Waals surface area contributed by atoms with Crippen molar-refractivity contribution in [2.24, 2.45) is 4.99 Å². The molecule has 2 aliphatic carbocycles. The molecule has 2 aliphatic rings. The zero-order valence-corrected chi connectivity index (χ0v) is 12.8. The van der Waals surface area contributed by atoms with Crippen LogP contribution >= 0.6 is 0 Å². The molecule has 0 spiro atoms. The number of hydrogen-bond donors (Lipinski definition) is 1. The van der Waals surface area contributed by atoms with Crippen LogP contribution in [0.2, 0.25) is 0 Å². The van der Waals surface area contributed by atoms with Gasteiger partial charge in [-0.25, -0.2) is 0 Å². The van der Waals surface area contributed by atoms with Gasteiger partial charge in [0.2, 0.25) is 0 Å². The van der Waals surface area contributed by atoms with Crippen molar-refractivity contribution >= 4 is 5.71 Å². The predicted molar refractivity (Wildman–Crippen MR) is 83.7 cm³/mol. The molecule has 2 saturated carbocycles. The highest BCUT2D eigenvalue weighted by atomic mass is 14.9. The van der Waals surface area contributed by atoms with Crippen LogP contribution in [0.5, 0.6) is 0 Å². The quantitative estimate of drug-likeness (QED) is 0.735. The van der Waals surface area contributed by atoms with Crippen LogP contribution in [0.3, 0.4) is 0 Å². The third kappa shape index (κ3) is 5.38. The van der Waals surface area contributed by atoms with E-state index < -0.39 is 0 Å². The summed E-state index contributed by atoms with van der Waals surface area (Å²) >= 11 is 0. The molecule has 0 aromatic heterocycles. The van der Waals surface area contributed by atoms with E-state index in [9.17, 15) is 0 Å². The molecule has 0 radical (unpaired) electrons. The van der Waals surface area contributed by atoms with E-state index in [2.05, 4.69) is 25.2 Å².